The molecule has 2 aromatic heterocycles. The number of aromatic nitrogens is 3. The number of nitrogens with one attached hydrogen (secondary N) is 1. The number of amides is 1. The minimum Gasteiger partial charge on any atom is -0.360 e. The maximum atomic E-state index is 11.8. The van der Waals surface area contributed by atoms with Crippen LogP contribution in [0.4, 0.5) is 5.82 Å². The molecule has 16 heavy (non-hydrogen) atoms. The summed E-state index contributed by atoms with van der Waals surface area (Å²) in [7, 11) is 1.77. The Labute approximate surface area is 92.2 Å². The van der Waals surface area contributed by atoms with Gasteiger partial charge in [-0.25, -0.2) is 0 Å². The second-order valence-corrected chi connectivity index (χ2v) is 3.61. The van der Waals surface area contributed by atoms with E-state index in [1.165, 1.54) is 0 Å². The van der Waals surface area contributed by atoms with E-state index in [0.717, 1.165) is 5.56 Å². The van der Waals surface area contributed by atoms with E-state index < -0.39 is 0 Å². The molecule has 0 aliphatic heterocycles. The summed E-state index contributed by atoms with van der Waals surface area (Å²) < 4.78 is 6.44. The Kier molecular flexibility index (Phi) is 2.47. The molecule has 0 radical (unpaired) electrons. The Bertz CT molecular complexity index is 527. The average molecular weight is 220 g/mol. The first kappa shape index (κ1) is 10.4. The quantitative estimate of drug-likeness (QED) is 0.827. The van der Waals surface area contributed by atoms with Crippen molar-refractivity contribution in [1.29, 1.82) is 0 Å². The van der Waals surface area contributed by atoms with Crippen molar-refractivity contribution in [2.45, 2.75) is 13.8 Å². The van der Waals surface area contributed by atoms with Gasteiger partial charge in [0.15, 0.2) is 11.5 Å². The third-order valence-electron chi connectivity index (χ3n) is 2.10. The lowest BCUT2D eigenvalue weighted by Gasteiger charge is -1.97. The minimum atomic E-state index is -0.286. The molecule has 0 atom stereocenters. The highest BCUT2D eigenvalue weighted by Crippen LogP contribution is 2.10. The van der Waals surface area contributed by atoms with E-state index in [1.807, 2.05) is 6.92 Å². The topological polar surface area (TPSA) is 73.0 Å². The minimum absolute atomic E-state index is 0.286. The van der Waals surface area contributed by atoms with Crippen LogP contribution in [0.5, 0.6) is 0 Å². The Morgan fingerprint density at radius 3 is 2.75 bits per heavy atom. The summed E-state index contributed by atoms with van der Waals surface area (Å²) in [5, 5.41) is 10.3. The number of rotatable bonds is 2. The van der Waals surface area contributed by atoms with Gasteiger partial charge in [-0.15, -0.1) is 0 Å². The number of hydrogen-bond donors (Lipinski definition) is 1. The lowest BCUT2D eigenvalue weighted by molar-refractivity contribution is 0.102. The summed E-state index contributed by atoms with van der Waals surface area (Å²) in [6, 6.07) is 1.65. The van der Waals surface area contributed by atoms with Gasteiger partial charge in [0, 0.05) is 24.9 Å². The number of aryl methyl sites for hydroxylation is 3. The van der Waals surface area contributed by atoms with Crippen LogP contribution in [0.2, 0.25) is 0 Å². The van der Waals surface area contributed by atoms with Crippen LogP contribution in [0.15, 0.2) is 16.8 Å². The van der Waals surface area contributed by atoms with Crippen molar-refractivity contribution in [2.75, 3.05) is 5.32 Å². The van der Waals surface area contributed by atoms with Crippen molar-refractivity contribution in [3.05, 3.63) is 29.3 Å². The van der Waals surface area contributed by atoms with Crippen molar-refractivity contribution >= 4 is 11.7 Å². The summed E-state index contributed by atoms with van der Waals surface area (Å²) in [5.74, 6) is 0.756. The molecule has 1 amide bonds. The van der Waals surface area contributed by atoms with Crippen LogP contribution < -0.4 is 5.32 Å². The van der Waals surface area contributed by atoms with Gasteiger partial charge in [0.1, 0.15) is 5.76 Å². The molecule has 0 bridgehead atoms. The third kappa shape index (κ3) is 1.95. The largest absolute Gasteiger partial charge is 0.360 e. The van der Waals surface area contributed by atoms with Crippen molar-refractivity contribution < 1.29 is 9.32 Å². The molecule has 0 saturated carbocycles. The van der Waals surface area contributed by atoms with Gasteiger partial charge < -0.3 is 9.84 Å². The molecule has 0 unspecified atom stereocenters. The molecule has 6 nitrogen and oxygen atoms in total. The van der Waals surface area contributed by atoms with Crippen molar-refractivity contribution in [3.63, 3.8) is 0 Å². The predicted molar refractivity (Wildman–Crippen MR) is 57.1 cm³/mol. The maximum Gasteiger partial charge on any atom is 0.277 e. The zero-order valence-electron chi connectivity index (χ0n) is 9.31. The standard InChI is InChI=1S/C10H12N4O2/c1-6-5-14(3)12-9(6)10(15)11-8-4-7(2)16-13-8/h4-5H,1-3H3,(H,11,13,15). The average Bonchev–Trinajstić information content (AvgIpc) is 2.73. The van der Waals surface area contributed by atoms with Crippen LogP contribution >= 0.6 is 0 Å². The maximum absolute atomic E-state index is 11.8. The zero-order chi connectivity index (χ0) is 11.7. The Morgan fingerprint density at radius 1 is 1.50 bits per heavy atom. The SMILES string of the molecule is Cc1cc(NC(=O)c2nn(C)cc2C)no1. The Hall–Kier alpha value is -2.11. The molecule has 0 aromatic carbocycles. The molecule has 2 rings (SSSR count). The molecular formula is C10H12N4O2. The Morgan fingerprint density at radius 2 is 2.25 bits per heavy atom. The molecule has 1 N–H and O–H groups in total. The molecule has 0 spiro atoms. The smallest absolute Gasteiger partial charge is 0.277 e. The summed E-state index contributed by atoms with van der Waals surface area (Å²) in [5.41, 5.74) is 1.21. The van der Waals surface area contributed by atoms with Crippen molar-refractivity contribution in [3.8, 4) is 0 Å². The molecule has 0 aliphatic carbocycles. The van der Waals surface area contributed by atoms with Crippen LogP contribution in [0.3, 0.4) is 0 Å². The first-order valence-corrected chi connectivity index (χ1v) is 4.81. The number of anilines is 1. The van der Waals surface area contributed by atoms with Crippen LogP contribution in [0.25, 0.3) is 0 Å². The Balaban J connectivity index is 2.17. The van der Waals surface area contributed by atoms with E-state index in [9.17, 15) is 4.79 Å². The van der Waals surface area contributed by atoms with Crippen LogP contribution in [-0.4, -0.2) is 20.8 Å². The van der Waals surface area contributed by atoms with E-state index in [2.05, 4.69) is 15.6 Å². The highest BCUT2D eigenvalue weighted by atomic mass is 16.5. The normalized spacial score (nSPS) is 10.4. The summed E-state index contributed by atoms with van der Waals surface area (Å²) >= 11 is 0. The van der Waals surface area contributed by atoms with Crippen molar-refractivity contribution in [1.82, 2.24) is 14.9 Å². The molecule has 84 valence electrons. The molecule has 2 aromatic rings. The second-order valence-electron chi connectivity index (χ2n) is 3.61. The fraction of sp³-hybridized carbons (Fsp3) is 0.300. The molecule has 6 heteroatoms. The van der Waals surface area contributed by atoms with E-state index in [0.29, 0.717) is 17.3 Å². The number of hydrogen-bond acceptors (Lipinski definition) is 4. The lowest BCUT2D eigenvalue weighted by Crippen LogP contribution is -2.14. The predicted octanol–water partition coefficient (Wildman–Crippen LogP) is 1.28. The second kappa shape index (κ2) is 3.80. The highest BCUT2D eigenvalue weighted by molar-refractivity contribution is 6.03. The van der Waals surface area contributed by atoms with E-state index in [4.69, 9.17) is 4.52 Å². The zero-order valence-corrected chi connectivity index (χ0v) is 9.31. The molecule has 0 saturated heterocycles. The van der Waals surface area contributed by atoms with Gasteiger partial charge in [-0.2, -0.15) is 5.10 Å². The van der Waals surface area contributed by atoms with Gasteiger partial charge in [0.05, 0.1) is 0 Å². The fourth-order valence-corrected chi connectivity index (χ4v) is 1.43. The van der Waals surface area contributed by atoms with Gasteiger partial charge in [-0.05, 0) is 13.8 Å². The van der Waals surface area contributed by atoms with Crippen LogP contribution in [-0.2, 0) is 7.05 Å². The molecular weight excluding hydrogens is 208 g/mol. The van der Waals surface area contributed by atoms with Gasteiger partial charge in [-0.1, -0.05) is 5.16 Å². The van der Waals surface area contributed by atoms with Gasteiger partial charge >= 0.3 is 0 Å². The number of nitrogens with zero attached hydrogens (tertiary/aromatic N) is 3. The number of carbonyl (C=O) groups is 1. The van der Waals surface area contributed by atoms with Gasteiger partial charge in [0.25, 0.3) is 5.91 Å². The first-order chi connectivity index (χ1) is 7.56. The van der Waals surface area contributed by atoms with E-state index in [1.54, 1.807) is 30.9 Å². The third-order valence-corrected chi connectivity index (χ3v) is 2.10. The molecule has 0 fully saturated rings. The van der Waals surface area contributed by atoms with E-state index >= 15 is 0 Å². The summed E-state index contributed by atoms with van der Waals surface area (Å²) in [6.45, 7) is 3.59. The van der Waals surface area contributed by atoms with Crippen LogP contribution in [0, 0.1) is 13.8 Å². The van der Waals surface area contributed by atoms with E-state index in [-0.39, 0.29) is 5.91 Å². The molecule has 2 heterocycles. The first-order valence-electron chi connectivity index (χ1n) is 4.81. The molecule has 0 aliphatic rings. The lowest BCUT2D eigenvalue weighted by atomic mass is 10.2. The monoisotopic (exact) mass is 220 g/mol. The van der Waals surface area contributed by atoms with Crippen molar-refractivity contribution in [2.24, 2.45) is 7.05 Å². The van der Waals surface area contributed by atoms with Gasteiger partial charge in [0.2, 0.25) is 0 Å². The summed E-state index contributed by atoms with van der Waals surface area (Å²) in [6.07, 6.45) is 1.78. The highest BCUT2D eigenvalue weighted by Gasteiger charge is 2.14. The van der Waals surface area contributed by atoms with Gasteiger partial charge in [-0.3, -0.25) is 9.48 Å². The summed E-state index contributed by atoms with van der Waals surface area (Å²) in [4.78, 5) is 11.8. The number of carbonyl (C=O) groups excluding carboxylic acids is 1. The fourth-order valence-electron chi connectivity index (χ4n) is 1.43. The van der Waals surface area contributed by atoms with Crippen LogP contribution in [0.1, 0.15) is 21.8 Å².